The first-order valence-electron chi connectivity index (χ1n) is 5.12. The second-order valence-electron chi connectivity index (χ2n) is 3.81. The molecule has 3 aromatic rings. The molecule has 5 heteroatoms. The maximum atomic E-state index is 13.2. The molecule has 2 aromatic heterocycles. The van der Waals surface area contributed by atoms with Gasteiger partial charge in [0.2, 0.25) is 0 Å². The van der Waals surface area contributed by atoms with E-state index in [0.29, 0.717) is 11.0 Å². The van der Waals surface area contributed by atoms with Crippen LogP contribution >= 0.6 is 11.3 Å². The van der Waals surface area contributed by atoms with Gasteiger partial charge in [-0.2, -0.15) is 0 Å². The Morgan fingerprint density at radius 2 is 2.12 bits per heavy atom. The third kappa shape index (κ3) is 1.59. The highest BCUT2D eigenvalue weighted by Gasteiger charge is 2.10. The van der Waals surface area contributed by atoms with Gasteiger partial charge in [0, 0.05) is 10.9 Å². The van der Waals surface area contributed by atoms with E-state index in [1.807, 2.05) is 19.1 Å². The number of aromatic nitrogens is 2. The van der Waals surface area contributed by atoms with Gasteiger partial charge in [0.15, 0.2) is 0 Å². The summed E-state index contributed by atoms with van der Waals surface area (Å²) in [7, 11) is 0. The fourth-order valence-corrected chi connectivity index (χ4v) is 2.71. The molecular formula is C12H9FN2OS. The van der Waals surface area contributed by atoms with E-state index < -0.39 is 0 Å². The van der Waals surface area contributed by atoms with E-state index in [-0.39, 0.29) is 11.5 Å². The zero-order valence-corrected chi connectivity index (χ0v) is 9.84. The van der Waals surface area contributed by atoms with Crippen molar-refractivity contribution in [2.24, 2.45) is 0 Å². The molecule has 1 N–H and O–H groups in total. The van der Waals surface area contributed by atoms with Gasteiger partial charge in [-0.15, -0.1) is 11.3 Å². The Hall–Kier alpha value is -1.88. The number of imidazole rings is 1. The highest BCUT2D eigenvalue weighted by molar-refractivity contribution is 7.14. The number of aryl methyl sites for hydroxylation is 1. The zero-order valence-electron chi connectivity index (χ0n) is 9.03. The number of halogens is 1. The third-order valence-corrected chi connectivity index (χ3v) is 3.58. The highest BCUT2D eigenvalue weighted by atomic mass is 32.1. The van der Waals surface area contributed by atoms with Gasteiger partial charge in [0.1, 0.15) is 10.8 Å². The van der Waals surface area contributed by atoms with Crippen LogP contribution in [0.3, 0.4) is 0 Å². The molecule has 0 spiro atoms. The van der Waals surface area contributed by atoms with E-state index in [2.05, 4.69) is 4.98 Å². The number of H-pyrrole nitrogens is 1. The van der Waals surface area contributed by atoms with Crippen molar-refractivity contribution in [2.45, 2.75) is 6.92 Å². The minimum atomic E-state index is -0.349. The predicted octanol–water partition coefficient (Wildman–Crippen LogP) is 2.83. The summed E-state index contributed by atoms with van der Waals surface area (Å²) in [4.78, 5) is 15.7. The summed E-state index contributed by atoms with van der Waals surface area (Å²) >= 11 is 1.50. The Balaban J connectivity index is 2.39. The lowest BCUT2D eigenvalue weighted by Crippen LogP contribution is -2.13. The van der Waals surface area contributed by atoms with Crippen LogP contribution in [0.2, 0.25) is 0 Å². The smallest absolute Gasteiger partial charge is 0.305 e. The summed E-state index contributed by atoms with van der Waals surface area (Å²) in [6.07, 6.45) is 0. The van der Waals surface area contributed by atoms with Gasteiger partial charge in [0.25, 0.3) is 0 Å². The van der Waals surface area contributed by atoms with Gasteiger partial charge >= 0.3 is 5.69 Å². The third-order valence-electron chi connectivity index (χ3n) is 2.59. The molecule has 0 saturated carbocycles. The molecule has 0 aliphatic carbocycles. The SMILES string of the molecule is Cc1ccc(-n2c(=O)[nH]c3ccc(F)cc32)s1. The summed E-state index contributed by atoms with van der Waals surface area (Å²) in [6.45, 7) is 1.97. The number of nitrogens with zero attached hydrogens (tertiary/aromatic N) is 1. The molecule has 0 aliphatic heterocycles. The van der Waals surface area contributed by atoms with Crippen molar-refractivity contribution in [1.82, 2.24) is 9.55 Å². The van der Waals surface area contributed by atoms with Gasteiger partial charge in [-0.1, -0.05) is 0 Å². The number of aromatic amines is 1. The predicted molar refractivity (Wildman–Crippen MR) is 66.5 cm³/mol. The van der Waals surface area contributed by atoms with Crippen LogP contribution in [0.15, 0.2) is 35.1 Å². The Kier molecular flexibility index (Phi) is 2.16. The first-order valence-corrected chi connectivity index (χ1v) is 5.94. The Morgan fingerprint density at radius 3 is 2.82 bits per heavy atom. The minimum absolute atomic E-state index is 0.243. The summed E-state index contributed by atoms with van der Waals surface area (Å²) in [6, 6.07) is 8.07. The van der Waals surface area contributed by atoms with Gasteiger partial charge in [-0.25, -0.2) is 9.18 Å². The molecular weight excluding hydrogens is 239 g/mol. The van der Waals surface area contributed by atoms with E-state index >= 15 is 0 Å². The van der Waals surface area contributed by atoms with Crippen LogP contribution in [0.5, 0.6) is 0 Å². The molecule has 0 saturated heterocycles. The summed E-state index contributed by atoms with van der Waals surface area (Å²) in [5.41, 5.74) is 0.965. The topological polar surface area (TPSA) is 37.8 Å². The minimum Gasteiger partial charge on any atom is -0.305 e. The van der Waals surface area contributed by atoms with Crippen molar-refractivity contribution in [3.63, 3.8) is 0 Å². The quantitative estimate of drug-likeness (QED) is 0.706. The van der Waals surface area contributed by atoms with E-state index in [0.717, 1.165) is 9.88 Å². The number of nitrogens with one attached hydrogen (secondary N) is 1. The van der Waals surface area contributed by atoms with E-state index in [1.165, 1.54) is 28.0 Å². The number of hydrogen-bond donors (Lipinski definition) is 1. The van der Waals surface area contributed by atoms with Crippen LogP contribution in [-0.4, -0.2) is 9.55 Å². The molecule has 0 atom stereocenters. The largest absolute Gasteiger partial charge is 0.331 e. The Bertz CT molecular complexity index is 753. The standard InChI is InChI=1S/C12H9FN2OS/c1-7-2-5-11(17-7)15-10-6-8(13)3-4-9(10)14-12(15)16/h2-6H,1H3,(H,14,16). The van der Waals surface area contributed by atoms with Crippen molar-refractivity contribution in [1.29, 1.82) is 0 Å². The lowest BCUT2D eigenvalue weighted by molar-refractivity contribution is 0.629. The first kappa shape index (κ1) is 10.3. The molecule has 3 nitrogen and oxygen atoms in total. The van der Waals surface area contributed by atoms with E-state index in [4.69, 9.17) is 0 Å². The highest BCUT2D eigenvalue weighted by Crippen LogP contribution is 2.22. The normalized spacial score (nSPS) is 11.2. The van der Waals surface area contributed by atoms with Gasteiger partial charge in [-0.05, 0) is 31.2 Å². The molecule has 86 valence electrons. The molecule has 1 aromatic carbocycles. The monoisotopic (exact) mass is 248 g/mol. The number of thiophene rings is 1. The van der Waals surface area contributed by atoms with Crippen LogP contribution in [0.25, 0.3) is 16.0 Å². The Labute approximate surface area is 100 Å². The fourth-order valence-electron chi connectivity index (χ4n) is 1.84. The van der Waals surface area contributed by atoms with E-state index in [1.54, 1.807) is 6.07 Å². The van der Waals surface area contributed by atoms with Gasteiger partial charge in [-0.3, -0.25) is 4.57 Å². The van der Waals surface area contributed by atoms with Crippen molar-refractivity contribution in [2.75, 3.05) is 0 Å². The second-order valence-corrected chi connectivity index (χ2v) is 5.08. The Morgan fingerprint density at radius 1 is 1.29 bits per heavy atom. The first-order chi connectivity index (χ1) is 8.15. The average Bonchev–Trinajstić information content (AvgIpc) is 2.81. The van der Waals surface area contributed by atoms with Crippen molar-refractivity contribution >= 4 is 22.4 Å². The zero-order chi connectivity index (χ0) is 12.0. The molecule has 0 bridgehead atoms. The number of fused-ring (bicyclic) bond motifs is 1. The lowest BCUT2D eigenvalue weighted by Gasteiger charge is -1.98. The van der Waals surface area contributed by atoms with Crippen LogP contribution in [0.1, 0.15) is 4.88 Å². The fraction of sp³-hybridized carbons (Fsp3) is 0.0833. The summed E-state index contributed by atoms with van der Waals surface area (Å²) in [5.74, 6) is -0.349. The molecule has 0 amide bonds. The van der Waals surface area contributed by atoms with Crippen molar-refractivity contribution < 1.29 is 4.39 Å². The molecule has 0 radical (unpaired) electrons. The number of benzene rings is 1. The van der Waals surface area contributed by atoms with Crippen LogP contribution < -0.4 is 5.69 Å². The molecule has 17 heavy (non-hydrogen) atoms. The van der Waals surface area contributed by atoms with Gasteiger partial charge < -0.3 is 4.98 Å². The van der Waals surface area contributed by atoms with Crippen molar-refractivity contribution in [3.8, 4) is 5.00 Å². The molecule has 0 unspecified atom stereocenters. The molecule has 2 heterocycles. The van der Waals surface area contributed by atoms with Gasteiger partial charge in [0.05, 0.1) is 11.0 Å². The molecule has 3 rings (SSSR count). The summed E-state index contributed by atoms with van der Waals surface area (Å²) < 4.78 is 14.7. The second kappa shape index (κ2) is 3.56. The van der Waals surface area contributed by atoms with Crippen molar-refractivity contribution in [3.05, 3.63) is 51.5 Å². The van der Waals surface area contributed by atoms with E-state index in [9.17, 15) is 9.18 Å². The van der Waals surface area contributed by atoms with Crippen LogP contribution in [0, 0.1) is 12.7 Å². The summed E-state index contributed by atoms with van der Waals surface area (Å²) in [5, 5.41) is 0.796. The maximum absolute atomic E-state index is 13.2. The number of rotatable bonds is 1. The molecule has 0 fully saturated rings. The average molecular weight is 248 g/mol. The number of hydrogen-bond acceptors (Lipinski definition) is 2. The lowest BCUT2D eigenvalue weighted by atomic mass is 10.3. The van der Waals surface area contributed by atoms with Crippen LogP contribution in [-0.2, 0) is 0 Å². The maximum Gasteiger partial charge on any atom is 0.331 e. The van der Waals surface area contributed by atoms with Crippen LogP contribution in [0.4, 0.5) is 4.39 Å². The molecule has 0 aliphatic rings.